The van der Waals surface area contributed by atoms with Gasteiger partial charge in [0, 0.05) is 28.8 Å². The number of carboxylic acids is 1. The molecule has 9 nitrogen and oxygen atoms in total. The molecule has 0 spiro atoms. The Hall–Kier alpha value is -4.63. The largest absolute Gasteiger partial charge is 0.478 e. The van der Waals surface area contributed by atoms with Crippen LogP contribution >= 0.6 is 0 Å². The van der Waals surface area contributed by atoms with Gasteiger partial charge in [-0.2, -0.15) is 9.97 Å². The molecule has 194 valence electrons. The fraction of sp³-hybridized carbons (Fsp3) is 0.207. The average molecular weight is 512 g/mol. The molecule has 0 bridgehead atoms. The van der Waals surface area contributed by atoms with Gasteiger partial charge in [-0.25, -0.2) is 9.78 Å². The molecule has 38 heavy (non-hydrogen) atoms. The fourth-order valence-corrected chi connectivity index (χ4v) is 4.03. The van der Waals surface area contributed by atoms with Crippen LogP contribution in [0.15, 0.2) is 66.7 Å². The summed E-state index contributed by atoms with van der Waals surface area (Å²) in [5, 5.41) is 22.4. The summed E-state index contributed by atoms with van der Waals surface area (Å²) in [4.78, 5) is 37.3. The lowest BCUT2D eigenvalue weighted by Crippen LogP contribution is -2.15. The van der Waals surface area contributed by atoms with Crippen LogP contribution in [0, 0.1) is 0 Å². The number of hydrogen-bond donors (Lipinski definition) is 4. The first-order valence-electron chi connectivity index (χ1n) is 12.0. The van der Waals surface area contributed by atoms with Gasteiger partial charge in [0.05, 0.1) is 12.2 Å². The lowest BCUT2D eigenvalue weighted by molar-refractivity contribution is 0.0696. The van der Waals surface area contributed by atoms with Crippen LogP contribution in [0.25, 0.3) is 11.4 Å². The Kier molecular flexibility index (Phi) is 7.50. The highest BCUT2D eigenvalue weighted by atomic mass is 16.4. The van der Waals surface area contributed by atoms with Gasteiger partial charge >= 0.3 is 5.97 Å². The molecule has 0 aliphatic carbocycles. The van der Waals surface area contributed by atoms with Gasteiger partial charge in [-0.3, -0.25) is 4.79 Å². The van der Waals surface area contributed by atoms with Gasteiger partial charge in [0.25, 0.3) is 5.91 Å². The zero-order valence-corrected chi connectivity index (χ0v) is 21.4. The number of carbonyl (C=O) groups excluding carboxylic acids is 1. The maximum atomic E-state index is 13.0. The van der Waals surface area contributed by atoms with E-state index < -0.39 is 5.97 Å². The molecule has 4 rings (SSSR count). The number of amides is 1. The number of carboxylic acid groups (broad SMARTS) is 1. The number of nitrogens with two attached hydrogens (primary N) is 1. The third-order valence-corrected chi connectivity index (χ3v) is 6.07. The first-order valence-corrected chi connectivity index (χ1v) is 12.0. The normalized spacial score (nSPS) is 11.3. The minimum Gasteiger partial charge on any atom is -0.478 e. The number of aliphatic hydroxyl groups is 1. The van der Waals surface area contributed by atoms with Crippen LogP contribution in [0.2, 0.25) is 0 Å². The van der Waals surface area contributed by atoms with Gasteiger partial charge in [0.1, 0.15) is 5.82 Å². The molecule has 0 aliphatic rings. The van der Waals surface area contributed by atoms with Crippen LogP contribution in [0.3, 0.4) is 0 Å². The summed E-state index contributed by atoms with van der Waals surface area (Å²) in [6.45, 7) is 5.94. The Labute approximate surface area is 220 Å². The Morgan fingerprint density at radius 3 is 2.29 bits per heavy atom. The molecule has 0 radical (unpaired) electrons. The standard InChI is InChI=1S/C29H29N5O4/c1-29(2,3)20-12-10-18(11-13-20)26(36)31-23-9-5-8-21(22(23)16-35)25-32-24(33-28(30)34-25)15-17-6-4-7-19(14-17)27(37)38/h4-14,35H,15-16H2,1-3H3,(H,31,36)(H,37,38)(H2,30,32,33,34). The van der Waals surface area contributed by atoms with Crippen LogP contribution in [-0.2, 0) is 18.4 Å². The van der Waals surface area contributed by atoms with E-state index in [9.17, 15) is 19.8 Å². The topological polar surface area (TPSA) is 151 Å². The second kappa shape index (κ2) is 10.8. The van der Waals surface area contributed by atoms with E-state index in [4.69, 9.17) is 5.73 Å². The first-order chi connectivity index (χ1) is 18.0. The molecule has 0 fully saturated rings. The SMILES string of the molecule is CC(C)(C)c1ccc(C(=O)Nc2cccc(-c3nc(N)nc(Cc4cccc(C(=O)O)c4)n3)c2CO)cc1. The smallest absolute Gasteiger partial charge is 0.335 e. The minimum absolute atomic E-state index is 0.0170. The highest BCUT2D eigenvalue weighted by Crippen LogP contribution is 2.29. The molecular formula is C29H29N5O4. The van der Waals surface area contributed by atoms with Crippen molar-refractivity contribution in [1.82, 2.24) is 15.0 Å². The lowest BCUT2D eigenvalue weighted by Gasteiger charge is -2.19. The number of rotatable bonds is 7. The van der Waals surface area contributed by atoms with Crippen LogP contribution in [0.4, 0.5) is 11.6 Å². The zero-order chi connectivity index (χ0) is 27.4. The van der Waals surface area contributed by atoms with Crippen LogP contribution in [0.1, 0.15) is 64.0 Å². The fourth-order valence-electron chi connectivity index (χ4n) is 4.03. The van der Waals surface area contributed by atoms with Crippen molar-refractivity contribution < 1.29 is 19.8 Å². The minimum atomic E-state index is -1.03. The molecule has 1 aromatic heterocycles. The summed E-state index contributed by atoms with van der Waals surface area (Å²) in [5.41, 5.74) is 9.73. The van der Waals surface area contributed by atoms with Gasteiger partial charge in [-0.15, -0.1) is 0 Å². The number of aromatic carboxylic acids is 1. The van der Waals surface area contributed by atoms with Crippen molar-refractivity contribution >= 4 is 23.5 Å². The summed E-state index contributed by atoms with van der Waals surface area (Å²) in [7, 11) is 0. The molecular weight excluding hydrogens is 482 g/mol. The van der Waals surface area contributed by atoms with E-state index >= 15 is 0 Å². The van der Waals surface area contributed by atoms with Crippen molar-refractivity contribution in [3.8, 4) is 11.4 Å². The third-order valence-electron chi connectivity index (χ3n) is 6.07. The van der Waals surface area contributed by atoms with E-state index in [2.05, 4.69) is 41.0 Å². The van der Waals surface area contributed by atoms with Gasteiger partial charge in [0.2, 0.25) is 5.95 Å². The van der Waals surface area contributed by atoms with Crippen molar-refractivity contribution in [2.45, 2.75) is 39.2 Å². The Bertz CT molecular complexity index is 1490. The number of nitrogen functional groups attached to an aromatic ring is 1. The quantitative estimate of drug-likeness (QED) is 0.284. The van der Waals surface area contributed by atoms with E-state index in [0.717, 1.165) is 5.56 Å². The predicted molar refractivity (Wildman–Crippen MR) is 145 cm³/mol. The number of nitrogens with one attached hydrogen (secondary N) is 1. The molecule has 1 heterocycles. The maximum absolute atomic E-state index is 13.0. The van der Waals surface area contributed by atoms with E-state index in [1.807, 2.05) is 12.1 Å². The summed E-state index contributed by atoms with van der Waals surface area (Å²) >= 11 is 0. The number of carbonyl (C=O) groups is 2. The maximum Gasteiger partial charge on any atom is 0.335 e. The van der Waals surface area contributed by atoms with Crippen molar-refractivity contribution in [2.24, 2.45) is 0 Å². The molecule has 3 aromatic carbocycles. The molecule has 9 heteroatoms. The molecule has 0 aliphatic heterocycles. The van der Waals surface area contributed by atoms with E-state index in [-0.39, 0.29) is 41.7 Å². The second-order valence-corrected chi connectivity index (χ2v) is 9.89. The number of hydrogen-bond acceptors (Lipinski definition) is 7. The van der Waals surface area contributed by atoms with Gasteiger partial charge in [-0.05, 0) is 46.9 Å². The monoisotopic (exact) mass is 511 g/mol. The van der Waals surface area contributed by atoms with Crippen molar-refractivity contribution in [2.75, 3.05) is 11.1 Å². The number of nitrogens with zero attached hydrogens (tertiary/aromatic N) is 3. The third kappa shape index (κ3) is 6.01. The number of aliphatic hydroxyl groups excluding tert-OH is 1. The number of benzene rings is 3. The average Bonchev–Trinajstić information content (AvgIpc) is 2.88. The van der Waals surface area contributed by atoms with Crippen molar-refractivity contribution in [3.63, 3.8) is 0 Å². The molecule has 0 saturated carbocycles. The Morgan fingerprint density at radius 1 is 0.921 bits per heavy atom. The Morgan fingerprint density at radius 2 is 1.63 bits per heavy atom. The summed E-state index contributed by atoms with van der Waals surface area (Å²) in [6.07, 6.45) is 0.232. The molecule has 0 saturated heterocycles. The van der Waals surface area contributed by atoms with E-state index in [1.165, 1.54) is 6.07 Å². The Balaban J connectivity index is 1.63. The lowest BCUT2D eigenvalue weighted by atomic mass is 9.86. The summed E-state index contributed by atoms with van der Waals surface area (Å²) in [6, 6.07) is 19.0. The predicted octanol–water partition coefficient (Wildman–Crippen LogP) is 4.45. The van der Waals surface area contributed by atoms with Gasteiger partial charge in [0.15, 0.2) is 5.82 Å². The molecule has 1 amide bonds. The molecule has 5 N–H and O–H groups in total. The van der Waals surface area contributed by atoms with Crippen LogP contribution < -0.4 is 11.1 Å². The van der Waals surface area contributed by atoms with Crippen LogP contribution in [-0.4, -0.2) is 37.0 Å². The summed E-state index contributed by atoms with van der Waals surface area (Å²) in [5.74, 6) is -0.786. The zero-order valence-electron chi connectivity index (χ0n) is 21.4. The van der Waals surface area contributed by atoms with Gasteiger partial charge in [-0.1, -0.05) is 57.2 Å². The highest BCUT2D eigenvalue weighted by Gasteiger charge is 2.18. The number of anilines is 2. The van der Waals surface area contributed by atoms with Gasteiger partial charge < -0.3 is 21.3 Å². The molecule has 0 unspecified atom stereocenters. The molecule has 4 aromatic rings. The van der Waals surface area contributed by atoms with E-state index in [0.29, 0.717) is 33.8 Å². The van der Waals surface area contributed by atoms with Crippen molar-refractivity contribution in [1.29, 1.82) is 0 Å². The highest BCUT2D eigenvalue weighted by molar-refractivity contribution is 6.05. The molecule has 0 atom stereocenters. The second-order valence-electron chi connectivity index (χ2n) is 9.89. The first kappa shape index (κ1) is 26.4. The van der Waals surface area contributed by atoms with E-state index in [1.54, 1.807) is 48.5 Å². The van der Waals surface area contributed by atoms with Crippen LogP contribution in [0.5, 0.6) is 0 Å². The van der Waals surface area contributed by atoms with Crippen molar-refractivity contribution in [3.05, 3.63) is 100 Å². The summed E-state index contributed by atoms with van der Waals surface area (Å²) < 4.78 is 0. The number of aromatic nitrogens is 3.